The summed E-state index contributed by atoms with van der Waals surface area (Å²) in [6.07, 6.45) is 7.48. The summed E-state index contributed by atoms with van der Waals surface area (Å²) in [5, 5.41) is 9.21. The van der Waals surface area contributed by atoms with Crippen molar-refractivity contribution in [2.45, 2.75) is 31.7 Å². The largest absolute Gasteiger partial charge is 0.465 e. The van der Waals surface area contributed by atoms with Gasteiger partial charge in [-0.15, -0.1) is 0 Å². The van der Waals surface area contributed by atoms with Crippen LogP contribution in [-0.4, -0.2) is 27.6 Å². The lowest BCUT2D eigenvalue weighted by Crippen LogP contribution is -2.59. The van der Waals surface area contributed by atoms with Gasteiger partial charge in [0, 0.05) is 24.4 Å². The Morgan fingerprint density at radius 3 is 2.82 bits per heavy atom. The number of rotatable bonds is 1. The summed E-state index contributed by atoms with van der Waals surface area (Å²) in [6, 6.07) is 3.90. The molecule has 1 saturated heterocycles. The van der Waals surface area contributed by atoms with Crippen LogP contribution >= 0.6 is 0 Å². The van der Waals surface area contributed by atoms with Gasteiger partial charge in [0.15, 0.2) is 0 Å². The average molecular weight is 232 g/mol. The van der Waals surface area contributed by atoms with E-state index in [0.29, 0.717) is 6.54 Å². The van der Waals surface area contributed by atoms with E-state index in [9.17, 15) is 9.90 Å². The number of hydrogen-bond donors (Lipinski definition) is 1. The quantitative estimate of drug-likeness (QED) is 0.809. The Hall–Kier alpha value is -1.58. The molecule has 1 spiro atoms. The second kappa shape index (κ2) is 3.72. The molecule has 1 amide bonds. The number of pyridine rings is 1. The highest BCUT2D eigenvalue weighted by atomic mass is 16.4. The van der Waals surface area contributed by atoms with Crippen LogP contribution < -0.4 is 0 Å². The first-order valence-corrected chi connectivity index (χ1v) is 6.12. The topological polar surface area (TPSA) is 53.4 Å². The summed E-state index contributed by atoms with van der Waals surface area (Å²) < 4.78 is 0. The number of amides is 1. The van der Waals surface area contributed by atoms with Gasteiger partial charge in [0.05, 0.1) is 6.04 Å². The van der Waals surface area contributed by atoms with Crippen molar-refractivity contribution in [1.82, 2.24) is 9.88 Å². The van der Waals surface area contributed by atoms with Crippen molar-refractivity contribution in [1.29, 1.82) is 0 Å². The molecular weight excluding hydrogens is 216 g/mol. The van der Waals surface area contributed by atoms with Gasteiger partial charge < -0.3 is 5.11 Å². The smallest absolute Gasteiger partial charge is 0.407 e. The van der Waals surface area contributed by atoms with Gasteiger partial charge >= 0.3 is 6.09 Å². The molecule has 2 fully saturated rings. The number of hydrogen-bond acceptors (Lipinski definition) is 2. The minimum absolute atomic E-state index is 0.0243. The number of aromatic nitrogens is 1. The van der Waals surface area contributed by atoms with E-state index in [1.165, 1.54) is 12.8 Å². The van der Waals surface area contributed by atoms with Crippen molar-refractivity contribution in [3.05, 3.63) is 30.1 Å². The van der Waals surface area contributed by atoms with Crippen molar-refractivity contribution in [2.24, 2.45) is 5.41 Å². The third-order valence-corrected chi connectivity index (χ3v) is 4.22. The summed E-state index contributed by atoms with van der Waals surface area (Å²) in [4.78, 5) is 16.9. The molecule has 1 saturated carbocycles. The first-order chi connectivity index (χ1) is 8.23. The van der Waals surface area contributed by atoms with Gasteiger partial charge in [-0.2, -0.15) is 0 Å². The molecule has 1 aliphatic heterocycles. The van der Waals surface area contributed by atoms with Crippen LogP contribution in [0.2, 0.25) is 0 Å². The van der Waals surface area contributed by atoms with Crippen LogP contribution in [0.25, 0.3) is 0 Å². The first kappa shape index (κ1) is 10.6. The van der Waals surface area contributed by atoms with Gasteiger partial charge in [-0.25, -0.2) is 4.79 Å². The van der Waals surface area contributed by atoms with E-state index in [4.69, 9.17) is 0 Å². The molecule has 1 aromatic heterocycles. The monoisotopic (exact) mass is 232 g/mol. The van der Waals surface area contributed by atoms with E-state index in [2.05, 4.69) is 4.98 Å². The Bertz CT molecular complexity index is 426. The van der Waals surface area contributed by atoms with Crippen molar-refractivity contribution in [2.75, 3.05) is 6.54 Å². The molecule has 4 nitrogen and oxygen atoms in total. The van der Waals surface area contributed by atoms with Crippen molar-refractivity contribution >= 4 is 6.09 Å². The first-order valence-electron chi connectivity index (χ1n) is 6.12. The summed E-state index contributed by atoms with van der Waals surface area (Å²) >= 11 is 0. The molecule has 1 N–H and O–H groups in total. The van der Waals surface area contributed by atoms with E-state index < -0.39 is 6.09 Å². The fourth-order valence-corrected chi connectivity index (χ4v) is 3.50. The molecule has 90 valence electrons. The number of nitrogens with zero attached hydrogens (tertiary/aromatic N) is 2. The standard InChI is InChI=1S/C13H16N2O2/c16-12(17)15-9-13(5-1-2-6-13)11(15)10-4-3-7-14-8-10/h3-4,7-8,11H,1-2,5-6,9H2,(H,16,17). The molecule has 0 aromatic carbocycles. The number of carboxylic acid groups (broad SMARTS) is 1. The maximum absolute atomic E-state index is 11.2. The molecule has 1 aromatic rings. The van der Waals surface area contributed by atoms with E-state index >= 15 is 0 Å². The highest BCUT2D eigenvalue weighted by Crippen LogP contribution is 2.57. The summed E-state index contributed by atoms with van der Waals surface area (Å²) in [6.45, 7) is 0.696. The SMILES string of the molecule is O=C(O)N1CC2(CCCC2)C1c1cccnc1. The van der Waals surface area contributed by atoms with Gasteiger partial charge in [-0.3, -0.25) is 9.88 Å². The molecule has 1 atom stereocenters. The second-order valence-electron chi connectivity index (χ2n) is 5.17. The van der Waals surface area contributed by atoms with E-state index in [1.54, 1.807) is 17.3 Å². The minimum Gasteiger partial charge on any atom is -0.465 e. The molecular formula is C13H16N2O2. The van der Waals surface area contributed by atoms with Crippen LogP contribution in [0.4, 0.5) is 4.79 Å². The van der Waals surface area contributed by atoms with Crippen molar-refractivity contribution in [3.8, 4) is 0 Å². The number of likely N-dealkylation sites (tertiary alicyclic amines) is 1. The average Bonchev–Trinajstić information content (AvgIpc) is 2.78. The zero-order chi connectivity index (χ0) is 11.9. The number of carbonyl (C=O) groups is 1. The van der Waals surface area contributed by atoms with Crippen LogP contribution in [-0.2, 0) is 0 Å². The van der Waals surface area contributed by atoms with Gasteiger partial charge in [0.1, 0.15) is 0 Å². The van der Waals surface area contributed by atoms with Gasteiger partial charge in [-0.05, 0) is 24.5 Å². The Labute approximate surface area is 100 Å². The fourth-order valence-electron chi connectivity index (χ4n) is 3.50. The van der Waals surface area contributed by atoms with Gasteiger partial charge in [-0.1, -0.05) is 18.9 Å². The lowest BCUT2D eigenvalue weighted by molar-refractivity contribution is -0.0548. The summed E-state index contributed by atoms with van der Waals surface area (Å²) in [7, 11) is 0. The Morgan fingerprint density at radius 2 is 2.24 bits per heavy atom. The van der Waals surface area contributed by atoms with E-state index in [1.807, 2.05) is 12.1 Å². The lowest BCUT2D eigenvalue weighted by Gasteiger charge is -2.55. The van der Waals surface area contributed by atoms with Gasteiger partial charge in [0.25, 0.3) is 0 Å². The van der Waals surface area contributed by atoms with Crippen LogP contribution in [0, 0.1) is 5.41 Å². The Balaban J connectivity index is 1.94. The van der Waals surface area contributed by atoms with Crippen molar-refractivity contribution in [3.63, 3.8) is 0 Å². The molecule has 2 aliphatic rings. The zero-order valence-electron chi connectivity index (χ0n) is 9.67. The molecule has 1 aliphatic carbocycles. The molecule has 17 heavy (non-hydrogen) atoms. The maximum atomic E-state index is 11.2. The normalized spacial score (nSPS) is 25.9. The lowest BCUT2D eigenvalue weighted by atomic mass is 9.68. The molecule has 2 heterocycles. The molecule has 0 radical (unpaired) electrons. The summed E-state index contributed by atoms with van der Waals surface area (Å²) in [5.41, 5.74) is 1.24. The van der Waals surface area contributed by atoms with E-state index in [0.717, 1.165) is 18.4 Å². The predicted octanol–water partition coefficient (Wildman–Crippen LogP) is 2.68. The molecule has 0 bridgehead atoms. The third kappa shape index (κ3) is 1.51. The molecule has 4 heteroatoms. The molecule has 1 unspecified atom stereocenters. The Kier molecular flexibility index (Phi) is 2.31. The van der Waals surface area contributed by atoms with Crippen molar-refractivity contribution < 1.29 is 9.90 Å². The van der Waals surface area contributed by atoms with E-state index in [-0.39, 0.29) is 11.5 Å². The summed E-state index contributed by atoms with van der Waals surface area (Å²) in [5.74, 6) is 0. The Morgan fingerprint density at radius 1 is 1.47 bits per heavy atom. The fraction of sp³-hybridized carbons (Fsp3) is 0.538. The van der Waals surface area contributed by atoms with Gasteiger partial charge in [0.2, 0.25) is 0 Å². The molecule has 3 rings (SSSR count). The third-order valence-electron chi connectivity index (χ3n) is 4.22. The maximum Gasteiger partial charge on any atom is 0.407 e. The zero-order valence-corrected chi connectivity index (χ0v) is 9.67. The van der Waals surface area contributed by atoms with Crippen LogP contribution in [0.5, 0.6) is 0 Å². The van der Waals surface area contributed by atoms with Crippen LogP contribution in [0.15, 0.2) is 24.5 Å². The van der Waals surface area contributed by atoms with Crippen LogP contribution in [0.3, 0.4) is 0 Å². The highest BCUT2D eigenvalue weighted by Gasteiger charge is 2.56. The second-order valence-corrected chi connectivity index (χ2v) is 5.17. The highest BCUT2D eigenvalue weighted by molar-refractivity contribution is 5.67. The van der Waals surface area contributed by atoms with Crippen LogP contribution in [0.1, 0.15) is 37.3 Å². The predicted molar refractivity (Wildman–Crippen MR) is 62.6 cm³/mol. The minimum atomic E-state index is -0.809.